The van der Waals surface area contributed by atoms with E-state index < -0.39 is 23.5 Å². The second kappa shape index (κ2) is 4.66. The van der Waals surface area contributed by atoms with Gasteiger partial charge in [-0.15, -0.1) is 0 Å². The lowest BCUT2D eigenvalue weighted by atomic mass is 10.1. The van der Waals surface area contributed by atoms with E-state index in [1.165, 1.54) is 26.0 Å². The topological polar surface area (TPSA) is 52.6 Å². The first kappa shape index (κ1) is 13.5. The SMILES string of the molecule is CC1(C)OC(=O)C(=Cc2cc(Cl)ccc2F)C(=O)O1. The van der Waals surface area contributed by atoms with Crippen molar-refractivity contribution in [1.82, 2.24) is 0 Å². The highest BCUT2D eigenvalue weighted by molar-refractivity contribution is 6.30. The van der Waals surface area contributed by atoms with Gasteiger partial charge in [0.25, 0.3) is 5.79 Å². The minimum atomic E-state index is -1.32. The summed E-state index contributed by atoms with van der Waals surface area (Å²) in [6, 6.07) is 3.79. The summed E-state index contributed by atoms with van der Waals surface area (Å²) in [6.07, 6.45) is 1.06. The molecule has 0 aliphatic carbocycles. The molecule has 19 heavy (non-hydrogen) atoms. The standard InChI is InChI=1S/C13H10ClFO4/c1-13(2)18-11(16)9(12(17)19-13)6-7-5-8(14)3-4-10(7)15/h3-6H,1-2H3. The lowest BCUT2D eigenvalue weighted by molar-refractivity contribution is -0.222. The van der Waals surface area contributed by atoms with Crippen LogP contribution in [0.2, 0.25) is 5.02 Å². The average molecular weight is 285 g/mol. The molecule has 1 heterocycles. The summed E-state index contributed by atoms with van der Waals surface area (Å²) in [4.78, 5) is 23.3. The smallest absolute Gasteiger partial charge is 0.348 e. The normalized spacial score (nSPS) is 17.8. The van der Waals surface area contributed by atoms with E-state index in [1.807, 2.05) is 0 Å². The molecule has 0 unspecified atom stereocenters. The number of cyclic esters (lactones) is 2. The number of carbonyl (C=O) groups excluding carboxylic acids is 2. The second-order valence-corrected chi connectivity index (χ2v) is 4.84. The molecule has 1 saturated heterocycles. The van der Waals surface area contributed by atoms with Crippen LogP contribution in [0.25, 0.3) is 6.08 Å². The molecule has 1 fully saturated rings. The molecule has 0 atom stereocenters. The van der Waals surface area contributed by atoms with Gasteiger partial charge in [0, 0.05) is 24.4 Å². The Balaban J connectivity index is 2.41. The lowest BCUT2D eigenvalue weighted by Gasteiger charge is -2.29. The van der Waals surface area contributed by atoms with E-state index in [-0.39, 0.29) is 16.2 Å². The van der Waals surface area contributed by atoms with Crippen LogP contribution >= 0.6 is 11.6 Å². The van der Waals surface area contributed by atoms with Gasteiger partial charge in [0.05, 0.1) is 0 Å². The van der Waals surface area contributed by atoms with Crippen molar-refractivity contribution in [2.24, 2.45) is 0 Å². The van der Waals surface area contributed by atoms with Crippen molar-refractivity contribution in [3.63, 3.8) is 0 Å². The Morgan fingerprint density at radius 2 is 1.79 bits per heavy atom. The Morgan fingerprint density at radius 1 is 1.21 bits per heavy atom. The fraction of sp³-hybridized carbons (Fsp3) is 0.231. The van der Waals surface area contributed by atoms with Crippen molar-refractivity contribution in [3.05, 3.63) is 40.2 Å². The molecule has 0 bridgehead atoms. The van der Waals surface area contributed by atoms with Crippen LogP contribution in [0, 0.1) is 5.82 Å². The maximum absolute atomic E-state index is 13.5. The van der Waals surface area contributed by atoms with Gasteiger partial charge >= 0.3 is 11.9 Å². The third-order valence-electron chi connectivity index (χ3n) is 2.37. The number of benzene rings is 1. The minimum absolute atomic E-state index is 0.0103. The third-order valence-corrected chi connectivity index (χ3v) is 2.61. The number of esters is 2. The van der Waals surface area contributed by atoms with Crippen molar-refractivity contribution in [2.45, 2.75) is 19.6 Å². The Hall–Kier alpha value is -1.88. The first-order valence-corrected chi connectivity index (χ1v) is 5.80. The fourth-order valence-electron chi connectivity index (χ4n) is 1.56. The molecular formula is C13H10ClFO4. The molecule has 6 heteroatoms. The molecule has 4 nitrogen and oxygen atoms in total. The number of hydrogen-bond acceptors (Lipinski definition) is 4. The summed E-state index contributed by atoms with van der Waals surface area (Å²) in [5.74, 6) is -3.65. The summed E-state index contributed by atoms with van der Waals surface area (Å²) in [7, 11) is 0. The van der Waals surface area contributed by atoms with Crippen LogP contribution in [0.1, 0.15) is 19.4 Å². The molecule has 2 rings (SSSR count). The number of ether oxygens (including phenoxy) is 2. The molecule has 0 spiro atoms. The second-order valence-electron chi connectivity index (χ2n) is 4.40. The van der Waals surface area contributed by atoms with Crippen molar-refractivity contribution < 1.29 is 23.5 Å². The van der Waals surface area contributed by atoms with E-state index in [1.54, 1.807) is 0 Å². The maximum atomic E-state index is 13.5. The van der Waals surface area contributed by atoms with E-state index in [0.29, 0.717) is 0 Å². The van der Waals surface area contributed by atoms with E-state index in [0.717, 1.165) is 12.1 Å². The Bertz CT molecular complexity index is 570. The molecule has 0 radical (unpaired) electrons. The van der Waals surface area contributed by atoms with Crippen molar-refractivity contribution in [1.29, 1.82) is 0 Å². The Labute approximate surface area is 113 Å². The zero-order valence-corrected chi connectivity index (χ0v) is 11.0. The molecule has 100 valence electrons. The van der Waals surface area contributed by atoms with Crippen molar-refractivity contribution in [3.8, 4) is 0 Å². The molecule has 1 aromatic carbocycles. The number of halogens is 2. The highest BCUT2D eigenvalue weighted by atomic mass is 35.5. The van der Waals surface area contributed by atoms with Gasteiger partial charge in [-0.3, -0.25) is 0 Å². The Morgan fingerprint density at radius 3 is 2.37 bits per heavy atom. The molecular weight excluding hydrogens is 275 g/mol. The van der Waals surface area contributed by atoms with Crippen LogP contribution in [-0.2, 0) is 19.1 Å². The summed E-state index contributed by atoms with van der Waals surface area (Å²) in [5, 5.41) is 0.283. The predicted molar refractivity (Wildman–Crippen MR) is 65.7 cm³/mol. The summed E-state index contributed by atoms with van der Waals surface area (Å²) < 4.78 is 23.3. The van der Waals surface area contributed by atoms with Gasteiger partial charge < -0.3 is 9.47 Å². The third kappa shape index (κ3) is 2.93. The van der Waals surface area contributed by atoms with Gasteiger partial charge in [0.1, 0.15) is 11.4 Å². The van der Waals surface area contributed by atoms with Crippen LogP contribution in [-0.4, -0.2) is 17.7 Å². The van der Waals surface area contributed by atoms with Gasteiger partial charge in [0.2, 0.25) is 0 Å². The van der Waals surface area contributed by atoms with Crippen LogP contribution in [0.3, 0.4) is 0 Å². The van der Waals surface area contributed by atoms with E-state index in [9.17, 15) is 14.0 Å². The van der Waals surface area contributed by atoms with Crippen LogP contribution in [0.4, 0.5) is 4.39 Å². The molecule has 1 aliphatic heterocycles. The molecule has 1 aliphatic rings. The number of hydrogen-bond donors (Lipinski definition) is 0. The molecule has 0 N–H and O–H groups in total. The predicted octanol–water partition coefficient (Wildman–Crippen LogP) is 2.70. The van der Waals surface area contributed by atoms with Crippen LogP contribution < -0.4 is 0 Å². The largest absolute Gasteiger partial charge is 0.419 e. The minimum Gasteiger partial charge on any atom is -0.419 e. The zero-order chi connectivity index (χ0) is 14.2. The molecule has 0 saturated carbocycles. The first-order chi connectivity index (χ1) is 8.78. The van der Waals surface area contributed by atoms with Crippen LogP contribution in [0.15, 0.2) is 23.8 Å². The van der Waals surface area contributed by atoms with Gasteiger partial charge in [-0.1, -0.05) is 11.6 Å². The van der Waals surface area contributed by atoms with Crippen molar-refractivity contribution >= 4 is 29.6 Å². The number of carbonyl (C=O) groups is 2. The van der Waals surface area contributed by atoms with Gasteiger partial charge in [-0.05, 0) is 24.3 Å². The first-order valence-electron chi connectivity index (χ1n) is 5.42. The molecule has 0 amide bonds. The van der Waals surface area contributed by atoms with Gasteiger partial charge in [0.15, 0.2) is 0 Å². The molecule has 0 aromatic heterocycles. The van der Waals surface area contributed by atoms with Gasteiger partial charge in [-0.25, -0.2) is 14.0 Å². The highest BCUT2D eigenvalue weighted by Gasteiger charge is 2.38. The van der Waals surface area contributed by atoms with E-state index in [4.69, 9.17) is 21.1 Å². The van der Waals surface area contributed by atoms with E-state index in [2.05, 4.69) is 0 Å². The Kier molecular flexibility index (Phi) is 3.32. The summed E-state index contributed by atoms with van der Waals surface area (Å²) >= 11 is 5.72. The zero-order valence-electron chi connectivity index (χ0n) is 10.2. The molecule has 1 aromatic rings. The van der Waals surface area contributed by atoms with E-state index >= 15 is 0 Å². The maximum Gasteiger partial charge on any atom is 0.348 e. The highest BCUT2D eigenvalue weighted by Crippen LogP contribution is 2.25. The summed E-state index contributed by atoms with van der Waals surface area (Å²) in [6.45, 7) is 2.86. The van der Waals surface area contributed by atoms with Crippen LogP contribution in [0.5, 0.6) is 0 Å². The van der Waals surface area contributed by atoms with Crippen molar-refractivity contribution in [2.75, 3.05) is 0 Å². The lowest BCUT2D eigenvalue weighted by Crippen LogP contribution is -2.41. The monoisotopic (exact) mass is 284 g/mol. The quantitative estimate of drug-likeness (QED) is 0.452. The average Bonchev–Trinajstić information content (AvgIpc) is 2.26. The summed E-state index contributed by atoms with van der Waals surface area (Å²) in [5.41, 5.74) is -0.364. The van der Waals surface area contributed by atoms with Gasteiger partial charge in [-0.2, -0.15) is 0 Å². The number of rotatable bonds is 1. The fourth-order valence-corrected chi connectivity index (χ4v) is 1.74.